The molecule has 12 nitrogen and oxygen atoms in total. The highest BCUT2D eigenvalue weighted by Crippen LogP contribution is 2.51. The molecule has 10 atom stereocenters. The Balaban J connectivity index is 0.858. The molecule has 6 fully saturated rings. The number of carbonyl (C=O) groups excluding carboxylic acids is 3. The maximum Gasteiger partial charge on any atom is 0.309 e. The van der Waals surface area contributed by atoms with Crippen molar-refractivity contribution in [2.24, 2.45) is 17.8 Å². The van der Waals surface area contributed by atoms with Gasteiger partial charge in [-0.1, -0.05) is 0 Å². The zero-order chi connectivity index (χ0) is 31.7. The summed E-state index contributed by atoms with van der Waals surface area (Å²) in [4.78, 5) is 37.6. The van der Waals surface area contributed by atoms with Gasteiger partial charge in [0.2, 0.25) is 5.91 Å². The maximum atomic E-state index is 12.6. The van der Waals surface area contributed by atoms with Gasteiger partial charge in [0.05, 0.1) is 80.0 Å². The van der Waals surface area contributed by atoms with E-state index in [-0.39, 0.29) is 110 Å². The lowest BCUT2D eigenvalue weighted by molar-refractivity contribution is -0.154. The third kappa shape index (κ3) is 8.37. The lowest BCUT2D eigenvalue weighted by Crippen LogP contribution is -2.37. The normalized spacial score (nSPS) is 39.8. The highest BCUT2D eigenvalue weighted by molar-refractivity contribution is 5.79. The monoisotopic (exact) mass is 637 g/mol. The second-order valence-corrected chi connectivity index (χ2v) is 14.4. The minimum absolute atomic E-state index is 0.00971. The summed E-state index contributed by atoms with van der Waals surface area (Å²) in [5.74, 6) is -0.610. The van der Waals surface area contributed by atoms with Gasteiger partial charge in [0, 0.05) is 12.5 Å². The van der Waals surface area contributed by atoms with Crippen molar-refractivity contribution in [2.75, 3.05) is 52.8 Å². The summed E-state index contributed by atoms with van der Waals surface area (Å²) in [5, 5.41) is 2.97. The molecule has 3 saturated heterocycles. The zero-order valence-electron chi connectivity index (χ0n) is 27.1. The standard InChI is InChI=1S/C33H51NO11/c1-31-7-4-21(16-25(31)43-31)28(35)34-10-11-38-19-24(40-14-15-42-30(37)23-6-9-33(3)27(18-23)45-33)20-39-12-13-41-29(36)22-5-8-32(2)26(17-22)44-32/h21-27H,4-20H2,1-3H3,(H,34,35). The summed E-state index contributed by atoms with van der Waals surface area (Å²) in [6, 6.07) is 0. The van der Waals surface area contributed by atoms with E-state index in [4.69, 9.17) is 37.9 Å². The Morgan fingerprint density at radius 2 is 1.13 bits per heavy atom. The fourth-order valence-corrected chi connectivity index (χ4v) is 7.36. The molecule has 0 aromatic rings. The van der Waals surface area contributed by atoms with E-state index >= 15 is 0 Å². The molecule has 3 heterocycles. The molecule has 254 valence electrons. The Bertz CT molecular complexity index is 1030. The topological polar surface area (TPSA) is 147 Å². The van der Waals surface area contributed by atoms with Crippen LogP contribution >= 0.6 is 0 Å². The lowest BCUT2D eigenvalue weighted by Gasteiger charge is -2.22. The van der Waals surface area contributed by atoms with Crippen LogP contribution in [0.3, 0.4) is 0 Å². The third-order valence-corrected chi connectivity index (χ3v) is 10.9. The Labute approximate surface area is 265 Å². The molecule has 12 heteroatoms. The fourth-order valence-electron chi connectivity index (χ4n) is 7.36. The highest BCUT2D eigenvalue weighted by Gasteiger charge is 2.58. The number of rotatable bonds is 17. The SMILES string of the molecule is CC12CCC(C(=O)NCCOCC(COCCOC(=O)C3CCC4(C)OC4C3)OCCOC(=O)C3CCC4(C)OC4C3)CC1O2. The van der Waals surface area contributed by atoms with Crippen LogP contribution in [0.1, 0.15) is 78.6 Å². The molecule has 6 rings (SSSR count). The van der Waals surface area contributed by atoms with Crippen LogP contribution in [0.25, 0.3) is 0 Å². The van der Waals surface area contributed by atoms with Gasteiger partial charge in [-0.3, -0.25) is 14.4 Å². The van der Waals surface area contributed by atoms with E-state index < -0.39 is 6.10 Å². The molecule has 0 aromatic heterocycles. The molecule has 10 unspecified atom stereocenters. The van der Waals surface area contributed by atoms with Gasteiger partial charge in [-0.05, 0) is 78.6 Å². The number of carbonyl (C=O) groups is 3. The van der Waals surface area contributed by atoms with Crippen LogP contribution in [-0.4, -0.2) is 112 Å². The fraction of sp³-hybridized carbons (Fsp3) is 0.909. The van der Waals surface area contributed by atoms with Crippen molar-refractivity contribution in [1.29, 1.82) is 0 Å². The largest absolute Gasteiger partial charge is 0.463 e. The van der Waals surface area contributed by atoms with E-state index in [0.29, 0.717) is 19.6 Å². The Kier molecular flexibility index (Phi) is 10.1. The van der Waals surface area contributed by atoms with Crippen molar-refractivity contribution in [3.8, 4) is 0 Å². The number of epoxide rings is 3. The van der Waals surface area contributed by atoms with Crippen molar-refractivity contribution in [1.82, 2.24) is 5.32 Å². The predicted octanol–water partition coefficient (Wildman–Crippen LogP) is 2.48. The molecule has 1 N–H and O–H groups in total. The van der Waals surface area contributed by atoms with Crippen LogP contribution in [0.5, 0.6) is 0 Å². The molecular formula is C33H51NO11. The molecule has 6 aliphatic rings. The summed E-state index contributed by atoms with van der Waals surface area (Å²) in [6.07, 6.45) is 7.43. The average Bonchev–Trinajstić information content (AvgIpc) is 3.95. The molecule has 0 bridgehead atoms. The summed E-state index contributed by atoms with van der Waals surface area (Å²) in [7, 11) is 0. The summed E-state index contributed by atoms with van der Waals surface area (Å²) in [5.41, 5.74) is -0.0836. The number of nitrogens with one attached hydrogen (secondary N) is 1. The second kappa shape index (κ2) is 13.7. The molecule has 3 saturated carbocycles. The van der Waals surface area contributed by atoms with Crippen molar-refractivity contribution in [3.05, 3.63) is 0 Å². The average molecular weight is 638 g/mol. The smallest absolute Gasteiger partial charge is 0.309 e. The van der Waals surface area contributed by atoms with Gasteiger partial charge in [-0.15, -0.1) is 0 Å². The van der Waals surface area contributed by atoms with E-state index in [1.165, 1.54) is 0 Å². The Morgan fingerprint density at radius 3 is 1.67 bits per heavy atom. The van der Waals surface area contributed by atoms with E-state index in [1.54, 1.807) is 0 Å². The molecule has 1 amide bonds. The van der Waals surface area contributed by atoms with Crippen molar-refractivity contribution in [2.45, 2.75) is 120 Å². The summed E-state index contributed by atoms with van der Waals surface area (Å²) < 4.78 is 45.6. The summed E-state index contributed by atoms with van der Waals surface area (Å²) in [6.45, 7) is 8.23. The molecule has 0 radical (unpaired) electrons. The highest BCUT2D eigenvalue weighted by atomic mass is 16.6. The molecule has 0 aromatic carbocycles. The van der Waals surface area contributed by atoms with Crippen LogP contribution < -0.4 is 5.32 Å². The van der Waals surface area contributed by atoms with Gasteiger partial charge in [-0.2, -0.15) is 0 Å². The number of hydrogen-bond donors (Lipinski definition) is 1. The van der Waals surface area contributed by atoms with Crippen LogP contribution in [0, 0.1) is 17.8 Å². The first kappa shape index (κ1) is 33.1. The number of fused-ring (bicyclic) bond motifs is 3. The van der Waals surface area contributed by atoms with Gasteiger partial charge in [-0.25, -0.2) is 0 Å². The minimum Gasteiger partial charge on any atom is -0.463 e. The summed E-state index contributed by atoms with van der Waals surface area (Å²) >= 11 is 0. The van der Waals surface area contributed by atoms with E-state index in [2.05, 4.69) is 26.1 Å². The molecular weight excluding hydrogens is 586 g/mol. The van der Waals surface area contributed by atoms with Gasteiger partial charge < -0.3 is 43.2 Å². The number of esters is 2. The molecule has 0 spiro atoms. The minimum atomic E-state index is -0.420. The third-order valence-electron chi connectivity index (χ3n) is 10.9. The Morgan fingerprint density at radius 1 is 0.667 bits per heavy atom. The van der Waals surface area contributed by atoms with Gasteiger partial charge >= 0.3 is 11.9 Å². The molecule has 3 aliphatic carbocycles. The van der Waals surface area contributed by atoms with E-state index in [0.717, 1.165) is 51.4 Å². The maximum absolute atomic E-state index is 12.6. The van der Waals surface area contributed by atoms with Crippen molar-refractivity contribution >= 4 is 17.8 Å². The number of hydrogen-bond acceptors (Lipinski definition) is 11. The molecule has 45 heavy (non-hydrogen) atoms. The van der Waals surface area contributed by atoms with Crippen molar-refractivity contribution in [3.63, 3.8) is 0 Å². The Hall–Kier alpha value is -1.83. The van der Waals surface area contributed by atoms with Crippen LogP contribution in [0.2, 0.25) is 0 Å². The molecule has 3 aliphatic heterocycles. The lowest BCUT2D eigenvalue weighted by atomic mass is 9.82. The van der Waals surface area contributed by atoms with Crippen LogP contribution in [0.15, 0.2) is 0 Å². The van der Waals surface area contributed by atoms with E-state index in [9.17, 15) is 14.4 Å². The van der Waals surface area contributed by atoms with Gasteiger partial charge in [0.15, 0.2) is 0 Å². The number of amides is 1. The van der Waals surface area contributed by atoms with Gasteiger partial charge in [0.1, 0.15) is 19.3 Å². The quantitative estimate of drug-likeness (QED) is 0.143. The van der Waals surface area contributed by atoms with Crippen LogP contribution in [0.4, 0.5) is 0 Å². The van der Waals surface area contributed by atoms with Crippen LogP contribution in [-0.2, 0) is 52.3 Å². The first-order valence-corrected chi connectivity index (χ1v) is 17.0. The van der Waals surface area contributed by atoms with Crippen molar-refractivity contribution < 1.29 is 52.3 Å². The van der Waals surface area contributed by atoms with E-state index in [1.807, 2.05) is 0 Å². The first-order chi connectivity index (χ1) is 21.6. The van der Waals surface area contributed by atoms with Gasteiger partial charge in [0.25, 0.3) is 0 Å². The number of ether oxygens (including phenoxy) is 8. The second-order valence-electron chi connectivity index (χ2n) is 14.4. The predicted molar refractivity (Wildman–Crippen MR) is 158 cm³/mol. The first-order valence-electron chi connectivity index (χ1n) is 17.0. The zero-order valence-corrected chi connectivity index (χ0v) is 27.1.